The minimum Gasteiger partial charge on any atom is -0.346 e. The Bertz CT molecular complexity index is 814. The van der Waals surface area contributed by atoms with Crippen LogP contribution in [0, 0.1) is 12.7 Å². The molecule has 2 fully saturated rings. The summed E-state index contributed by atoms with van der Waals surface area (Å²) in [7, 11) is 0.00596. The first-order chi connectivity index (χ1) is 12.2. The molecule has 0 aromatic heterocycles. The lowest BCUT2D eigenvalue weighted by molar-refractivity contribution is -0.129. The Morgan fingerprint density at radius 2 is 1.85 bits per heavy atom. The third kappa shape index (κ3) is 3.37. The average molecular weight is 383 g/mol. The Morgan fingerprint density at radius 3 is 2.54 bits per heavy atom. The van der Waals surface area contributed by atoms with Crippen molar-refractivity contribution in [3.63, 3.8) is 0 Å². The molecule has 2 saturated heterocycles. The predicted octanol–water partition coefficient (Wildman–Crippen LogP) is 1.45. The van der Waals surface area contributed by atoms with Gasteiger partial charge in [-0.15, -0.1) is 0 Å². The minimum atomic E-state index is -3.77. The largest absolute Gasteiger partial charge is 0.346 e. The van der Waals surface area contributed by atoms with E-state index in [2.05, 4.69) is 4.90 Å². The maximum absolute atomic E-state index is 13.9. The zero-order valence-electron chi connectivity index (χ0n) is 15.5. The van der Waals surface area contributed by atoms with Crippen LogP contribution < -0.4 is 0 Å². The second-order valence-electron chi connectivity index (χ2n) is 7.46. The van der Waals surface area contributed by atoms with Crippen molar-refractivity contribution in [1.29, 1.82) is 0 Å². The van der Waals surface area contributed by atoms with Crippen molar-refractivity contribution < 1.29 is 17.6 Å². The van der Waals surface area contributed by atoms with Crippen molar-refractivity contribution in [3.8, 4) is 0 Å². The molecule has 0 radical (unpaired) electrons. The quantitative estimate of drug-likeness (QED) is 0.776. The van der Waals surface area contributed by atoms with Crippen molar-refractivity contribution in [1.82, 2.24) is 14.1 Å². The number of likely N-dealkylation sites (tertiary alicyclic amines) is 1. The highest BCUT2D eigenvalue weighted by Gasteiger charge is 2.45. The van der Waals surface area contributed by atoms with E-state index in [9.17, 15) is 17.6 Å². The van der Waals surface area contributed by atoms with Gasteiger partial charge in [0, 0.05) is 45.2 Å². The normalized spacial score (nSPS) is 26.3. The van der Waals surface area contributed by atoms with Gasteiger partial charge in [-0.3, -0.25) is 9.69 Å². The van der Waals surface area contributed by atoms with Gasteiger partial charge in [0.05, 0.1) is 4.90 Å². The number of carbonyl (C=O) groups is 1. The molecule has 1 spiro atoms. The second-order valence-corrected chi connectivity index (χ2v) is 9.40. The van der Waals surface area contributed by atoms with E-state index in [-0.39, 0.29) is 16.3 Å². The SMILES string of the molecule is Cc1ccc(S(=O)(=O)N2CCN(C)[C@@]3(CCC(=O)N(C)CC3)C2)cc1F. The molecule has 2 heterocycles. The van der Waals surface area contributed by atoms with Crippen molar-refractivity contribution in [3.05, 3.63) is 29.6 Å². The van der Waals surface area contributed by atoms with Crippen molar-refractivity contribution >= 4 is 15.9 Å². The lowest BCUT2D eigenvalue weighted by atomic mass is 9.87. The fraction of sp³-hybridized carbons (Fsp3) is 0.611. The van der Waals surface area contributed by atoms with Crippen LogP contribution in [-0.2, 0) is 14.8 Å². The molecule has 0 saturated carbocycles. The minimum absolute atomic E-state index is 0.0119. The van der Waals surface area contributed by atoms with E-state index >= 15 is 0 Å². The molecule has 0 bridgehead atoms. The molecule has 0 unspecified atom stereocenters. The van der Waals surface area contributed by atoms with Gasteiger partial charge in [0.1, 0.15) is 5.82 Å². The summed E-state index contributed by atoms with van der Waals surface area (Å²) in [6.45, 7) is 3.49. The van der Waals surface area contributed by atoms with Crippen molar-refractivity contribution in [2.24, 2.45) is 0 Å². The van der Waals surface area contributed by atoms with Crippen molar-refractivity contribution in [2.75, 3.05) is 40.3 Å². The molecule has 144 valence electrons. The Balaban J connectivity index is 1.89. The summed E-state index contributed by atoms with van der Waals surface area (Å²) in [6, 6.07) is 4.05. The first-order valence-corrected chi connectivity index (χ1v) is 10.3. The summed E-state index contributed by atoms with van der Waals surface area (Å²) in [5.41, 5.74) is 0.0544. The highest BCUT2D eigenvalue weighted by Crippen LogP contribution is 2.34. The Kier molecular flexibility index (Phi) is 5.11. The zero-order valence-corrected chi connectivity index (χ0v) is 16.4. The first kappa shape index (κ1) is 19.3. The lowest BCUT2D eigenvalue weighted by Crippen LogP contribution is -2.62. The van der Waals surface area contributed by atoms with Gasteiger partial charge in [-0.2, -0.15) is 4.31 Å². The van der Waals surface area contributed by atoms with Crippen LogP contribution in [0.5, 0.6) is 0 Å². The Hall–Kier alpha value is -1.51. The maximum atomic E-state index is 13.9. The Morgan fingerprint density at radius 1 is 1.12 bits per heavy atom. The van der Waals surface area contributed by atoms with E-state index in [0.717, 1.165) is 12.5 Å². The number of benzene rings is 1. The van der Waals surface area contributed by atoms with Gasteiger partial charge in [-0.05, 0) is 44.5 Å². The number of rotatable bonds is 2. The molecule has 1 atom stereocenters. The summed E-state index contributed by atoms with van der Waals surface area (Å²) < 4.78 is 41.5. The fourth-order valence-corrected chi connectivity index (χ4v) is 5.33. The monoisotopic (exact) mass is 383 g/mol. The topological polar surface area (TPSA) is 60.9 Å². The molecular weight excluding hydrogens is 357 g/mol. The number of hydrogen-bond donors (Lipinski definition) is 0. The summed E-state index contributed by atoms with van der Waals surface area (Å²) >= 11 is 0. The third-order valence-corrected chi connectivity index (χ3v) is 7.73. The van der Waals surface area contributed by atoms with Gasteiger partial charge in [-0.1, -0.05) is 6.07 Å². The van der Waals surface area contributed by atoms with Gasteiger partial charge in [0.15, 0.2) is 0 Å². The van der Waals surface area contributed by atoms with Gasteiger partial charge in [0.25, 0.3) is 0 Å². The lowest BCUT2D eigenvalue weighted by Gasteiger charge is -2.48. The summed E-state index contributed by atoms with van der Waals surface area (Å²) in [5, 5.41) is 0. The van der Waals surface area contributed by atoms with E-state index < -0.39 is 15.8 Å². The third-order valence-electron chi connectivity index (χ3n) is 5.89. The molecule has 26 heavy (non-hydrogen) atoms. The van der Waals surface area contributed by atoms with E-state index in [0.29, 0.717) is 44.6 Å². The first-order valence-electron chi connectivity index (χ1n) is 8.87. The summed E-state index contributed by atoms with van der Waals surface area (Å²) in [6.07, 6.45) is 1.76. The second kappa shape index (κ2) is 6.90. The summed E-state index contributed by atoms with van der Waals surface area (Å²) in [4.78, 5) is 15.9. The van der Waals surface area contributed by atoms with Crippen molar-refractivity contribution in [2.45, 2.75) is 36.6 Å². The van der Waals surface area contributed by atoms with Gasteiger partial charge in [-0.25, -0.2) is 12.8 Å². The molecule has 1 aromatic rings. The predicted molar refractivity (Wildman–Crippen MR) is 96.7 cm³/mol. The number of halogens is 1. The van der Waals surface area contributed by atoms with Gasteiger partial charge in [0.2, 0.25) is 15.9 Å². The number of likely N-dealkylation sites (N-methyl/N-ethyl adjacent to an activating group) is 1. The molecule has 0 aliphatic carbocycles. The number of amides is 1. The number of nitrogens with zero attached hydrogens (tertiary/aromatic N) is 3. The van der Waals surface area contributed by atoms with Crippen LogP contribution in [0.2, 0.25) is 0 Å². The van der Waals surface area contributed by atoms with Gasteiger partial charge < -0.3 is 4.90 Å². The number of piperazine rings is 1. The zero-order chi connectivity index (χ0) is 19.1. The standard InChI is InChI=1S/C18H26FN3O3S/c1-14-4-5-15(12-16(14)19)26(24,25)22-11-10-21(3)18(13-22)7-6-17(23)20(2)9-8-18/h4-5,12H,6-11,13H2,1-3H3/t18-/m1/s1. The van der Waals surface area contributed by atoms with Crippen LogP contribution in [0.15, 0.2) is 23.1 Å². The Labute approximate surface area is 154 Å². The van der Waals surface area contributed by atoms with Gasteiger partial charge >= 0.3 is 0 Å². The number of aryl methyl sites for hydroxylation is 1. The highest BCUT2D eigenvalue weighted by molar-refractivity contribution is 7.89. The summed E-state index contributed by atoms with van der Waals surface area (Å²) in [5.74, 6) is -0.424. The molecule has 2 aliphatic heterocycles. The van der Waals surface area contributed by atoms with Crippen LogP contribution in [0.1, 0.15) is 24.8 Å². The van der Waals surface area contributed by atoms with E-state index in [1.165, 1.54) is 16.4 Å². The number of carbonyl (C=O) groups excluding carboxylic acids is 1. The number of hydrogen-bond acceptors (Lipinski definition) is 4. The molecule has 3 rings (SSSR count). The fourth-order valence-electron chi connectivity index (χ4n) is 3.81. The van der Waals surface area contributed by atoms with E-state index in [1.807, 2.05) is 7.05 Å². The molecule has 8 heteroatoms. The highest BCUT2D eigenvalue weighted by atomic mass is 32.2. The smallest absolute Gasteiger partial charge is 0.243 e. The maximum Gasteiger partial charge on any atom is 0.243 e. The molecular formula is C18H26FN3O3S. The van der Waals surface area contributed by atoms with Crippen LogP contribution >= 0.6 is 0 Å². The number of sulfonamides is 1. The van der Waals surface area contributed by atoms with Crippen LogP contribution in [0.25, 0.3) is 0 Å². The molecule has 0 N–H and O–H groups in total. The molecule has 2 aliphatic rings. The average Bonchev–Trinajstić information content (AvgIpc) is 2.74. The molecule has 1 aromatic carbocycles. The van der Waals surface area contributed by atoms with Crippen LogP contribution in [0.3, 0.4) is 0 Å². The van der Waals surface area contributed by atoms with Crippen LogP contribution in [0.4, 0.5) is 4.39 Å². The molecule has 1 amide bonds. The van der Waals surface area contributed by atoms with E-state index in [4.69, 9.17) is 0 Å². The van der Waals surface area contributed by atoms with Crippen LogP contribution in [-0.4, -0.2) is 74.2 Å². The molecule has 6 nitrogen and oxygen atoms in total. The van der Waals surface area contributed by atoms with E-state index in [1.54, 1.807) is 18.9 Å².